The maximum Gasteiger partial charge on any atom is 0.341 e. The van der Waals surface area contributed by atoms with Gasteiger partial charge < -0.3 is 9.84 Å². The fourth-order valence-corrected chi connectivity index (χ4v) is 6.46. The lowest BCUT2D eigenvalue weighted by Gasteiger charge is -2.18. The van der Waals surface area contributed by atoms with Crippen molar-refractivity contribution in [1.29, 1.82) is 0 Å². The van der Waals surface area contributed by atoms with Crippen LogP contribution in [-0.4, -0.2) is 22.7 Å². The molecule has 4 nitrogen and oxygen atoms in total. The Kier molecular flexibility index (Phi) is 6.20. The molecule has 0 spiro atoms. The molecule has 3 aromatic carbocycles. The number of aromatic nitrogens is 1. The molecule has 1 heterocycles. The highest BCUT2D eigenvalue weighted by Crippen LogP contribution is 2.43. The smallest absolute Gasteiger partial charge is 0.341 e. The van der Waals surface area contributed by atoms with Gasteiger partial charge in [-0.3, -0.25) is 0 Å². The molecular formula is C27H23NO3S2. The van der Waals surface area contributed by atoms with Crippen LogP contribution in [0.25, 0.3) is 22.4 Å². The summed E-state index contributed by atoms with van der Waals surface area (Å²) in [5, 5.41) is 8.96. The van der Waals surface area contributed by atoms with Crippen LogP contribution in [0, 0.1) is 6.92 Å². The number of carboxylic acids is 1. The highest BCUT2D eigenvalue weighted by atomic mass is 32.2. The molecule has 0 fully saturated rings. The molecule has 4 aromatic rings. The number of nitrogens with zero attached hydrogens (tertiary/aromatic N) is 1. The van der Waals surface area contributed by atoms with E-state index in [0.29, 0.717) is 5.75 Å². The van der Waals surface area contributed by atoms with E-state index in [1.54, 1.807) is 23.1 Å². The van der Waals surface area contributed by atoms with Gasteiger partial charge in [-0.1, -0.05) is 72.4 Å². The molecule has 33 heavy (non-hydrogen) atoms. The van der Waals surface area contributed by atoms with E-state index in [4.69, 9.17) is 14.8 Å². The van der Waals surface area contributed by atoms with Crippen LogP contribution in [-0.2, 0) is 23.4 Å². The predicted molar refractivity (Wildman–Crippen MR) is 134 cm³/mol. The summed E-state index contributed by atoms with van der Waals surface area (Å²) in [5.74, 6) is 0.531. The summed E-state index contributed by atoms with van der Waals surface area (Å²) in [5.41, 5.74) is 8.24. The number of hydrogen-bond donors (Lipinski definition) is 1. The van der Waals surface area contributed by atoms with Gasteiger partial charge >= 0.3 is 5.97 Å². The van der Waals surface area contributed by atoms with Gasteiger partial charge in [0.2, 0.25) is 0 Å². The van der Waals surface area contributed by atoms with Crippen molar-refractivity contribution in [1.82, 2.24) is 4.98 Å². The average Bonchev–Trinajstić information content (AvgIpc) is 3.25. The number of carbonyl (C=O) groups is 1. The first-order valence-corrected chi connectivity index (χ1v) is 12.6. The van der Waals surface area contributed by atoms with Gasteiger partial charge in [-0.25, -0.2) is 9.78 Å². The van der Waals surface area contributed by atoms with E-state index >= 15 is 0 Å². The molecule has 0 aliphatic heterocycles. The molecule has 0 saturated carbocycles. The number of rotatable bonds is 7. The van der Waals surface area contributed by atoms with E-state index in [0.717, 1.165) is 39.8 Å². The highest BCUT2D eigenvalue weighted by Gasteiger charge is 2.24. The number of ether oxygens (including phenoxy) is 1. The molecule has 0 amide bonds. The molecule has 1 N–H and O–H groups in total. The standard InChI is InChI=1S/C27H23NO3S2/c1-17-7-2-4-9-19(17)20-10-5-3-8-18(20)16-32-27-28-26-22-11-6-12-23(31-15-25(29)30)21(22)13-14-24(26)33-27/h2-12H,13-16H2,1H3,(H,29,30). The van der Waals surface area contributed by atoms with Gasteiger partial charge in [-0.05, 0) is 48.1 Å². The summed E-state index contributed by atoms with van der Waals surface area (Å²) in [7, 11) is 0. The van der Waals surface area contributed by atoms with Crippen LogP contribution in [0.1, 0.15) is 21.6 Å². The van der Waals surface area contributed by atoms with Crippen LogP contribution in [0.4, 0.5) is 0 Å². The van der Waals surface area contributed by atoms with E-state index in [1.165, 1.54) is 27.1 Å². The van der Waals surface area contributed by atoms with Crippen LogP contribution in [0.2, 0.25) is 0 Å². The Morgan fingerprint density at radius 2 is 1.76 bits per heavy atom. The van der Waals surface area contributed by atoms with Gasteiger partial charge in [0, 0.05) is 21.8 Å². The topological polar surface area (TPSA) is 59.4 Å². The Morgan fingerprint density at radius 1 is 1.00 bits per heavy atom. The number of carboxylic acid groups (broad SMARTS) is 1. The van der Waals surface area contributed by atoms with E-state index in [2.05, 4.69) is 61.5 Å². The molecule has 1 aliphatic rings. The normalized spacial score (nSPS) is 12.2. The Morgan fingerprint density at radius 3 is 2.58 bits per heavy atom. The minimum atomic E-state index is -0.970. The van der Waals surface area contributed by atoms with Gasteiger partial charge in [0.15, 0.2) is 10.9 Å². The number of aryl methyl sites for hydroxylation is 2. The van der Waals surface area contributed by atoms with E-state index in [9.17, 15) is 4.79 Å². The van der Waals surface area contributed by atoms with Crippen LogP contribution in [0.5, 0.6) is 5.75 Å². The van der Waals surface area contributed by atoms with Gasteiger partial charge in [-0.2, -0.15) is 0 Å². The van der Waals surface area contributed by atoms with Crippen molar-refractivity contribution in [2.24, 2.45) is 0 Å². The van der Waals surface area contributed by atoms with Crippen molar-refractivity contribution in [3.8, 4) is 28.1 Å². The minimum Gasteiger partial charge on any atom is -0.482 e. The molecule has 0 unspecified atom stereocenters. The average molecular weight is 474 g/mol. The van der Waals surface area contributed by atoms with E-state index in [1.807, 2.05) is 12.1 Å². The number of benzene rings is 3. The maximum absolute atomic E-state index is 10.9. The van der Waals surface area contributed by atoms with Gasteiger partial charge in [0.1, 0.15) is 5.75 Å². The van der Waals surface area contributed by atoms with Crippen LogP contribution in [0.15, 0.2) is 71.1 Å². The highest BCUT2D eigenvalue weighted by molar-refractivity contribution is 8.00. The first-order valence-electron chi connectivity index (χ1n) is 10.8. The lowest BCUT2D eigenvalue weighted by Crippen LogP contribution is -2.12. The Hall–Kier alpha value is -3.09. The van der Waals surface area contributed by atoms with Crippen molar-refractivity contribution in [2.45, 2.75) is 29.9 Å². The molecule has 0 radical (unpaired) electrons. The first-order chi connectivity index (χ1) is 16.1. The fraction of sp³-hybridized carbons (Fsp3) is 0.185. The molecule has 5 rings (SSSR count). The Balaban J connectivity index is 1.39. The quantitative estimate of drug-likeness (QED) is 0.305. The van der Waals surface area contributed by atoms with Crippen LogP contribution >= 0.6 is 23.1 Å². The SMILES string of the molecule is Cc1ccccc1-c1ccccc1CSc1nc2c(s1)CCc1c(OCC(=O)O)cccc1-2. The summed E-state index contributed by atoms with van der Waals surface area (Å²) < 4.78 is 6.59. The number of hydrogen-bond acceptors (Lipinski definition) is 5. The third-order valence-corrected chi connectivity index (χ3v) is 8.13. The number of aliphatic carboxylic acids is 1. The van der Waals surface area contributed by atoms with Crippen molar-refractivity contribution in [2.75, 3.05) is 6.61 Å². The second-order valence-electron chi connectivity index (χ2n) is 7.98. The minimum absolute atomic E-state index is 0.332. The molecule has 0 bridgehead atoms. The zero-order valence-electron chi connectivity index (χ0n) is 18.2. The number of fused-ring (bicyclic) bond motifs is 3. The molecule has 0 saturated heterocycles. The molecule has 1 aliphatic carbocycles. The van der Waals surface area contributed by atoms with Crippen molar-refractivity contribution in [3.63, 3.8) is 0 Å². The van der Waals surface area contributed by atoms with E-state index in [-0.39, 0.29) is 6.61 Å². The van der Waals surface area contributed by atoms with Crippen molar-refractivity contribution in [3.05, 3.63) is 88.3 Å². The summed E-state index contributed by atoms with van der Waals surface area (Å²) in [6.07, 6.45) is 1.73. The third-order valence-electron chi connectivity index (χ3n) is 5.82. The van der Waals surface area contributed by atoms with Gasteiger partial charge in [0.05, 0.1) is 5.69 Å². The second kappa shape index (κ2) is 9.41. The van der Waals surface area contributed by atoms with E-state index < -0.39 is 5.97 Å². The molecular weight excluding hydrogens is 450 g/mol. The first kappa shape index (κ1) is 21.7. The molecule has 6 heteroatoms. The maximum atomic E-state index is 10.9. The summed E-state index contributed by atoms with van der Waals surface area (Å²) in [4.78, 5) is 17.2. The lowest BCUT2D eigenvalue weighted by molar-refractivity contribution is -0.139. The monoisotopic (exact) mass is 473 g/mol. The number of thioether (sulfide) groups is 1. The zero-order valence-corrected chi connectivity index (χ0v) is 19.8. The zero-order chi connectivity index (χ0) is 22.8. The largest absolute Gasteiger partial charge is 0.482 e. The lowest BCUT2D eigenvalue weighted by atomic mass is 9.93. The fourth-order valence-electron chi connectivity index (χ4n) is 4.25. The Bertz CT molecular complexity index is 1330. The molecule has 0 atom stereocenters. The number of thiazole rings is 1. The Labute approximate surface area is 201 Å². The molecule has 1 aromatic heterocycles. The third kappa shape index (κ3) is 4.54. The summed E-state index contributed by atoms with van der Waals surface area (Å²) in [6.45, 7) is 1.82. The van der Waals surface area contributed by atoms with Crippen LogP contribution in [0.3, 0.4) is 0 Å². The molecule has 166 valence electrons. The summed E-state index contributed by atoms with van der Waals surface area (Å²) >= 11 is 3.54. The van der Waals surface area contributed by atoms with Crippen molar-refractivity contribution < 1.29 is 14.6 Å². The predicted octanol–water partition coefficient (Wildman–Crippen LogP) is 6.64. The van der Waals surface area contributed by atoms with Crippen LogP contribution < -0.4 is 4.74 Å². The van der Waals surface area contributed by atoms with Gasteiger partial charge in [0.25, 0.3) is 0 Å². The summed E-state index contributed by atoms with van der Waals surface area (Å²) in [6, 6.07) is 22.9. The van der Waals surface area contributed by atoms with Crippen molar-refractivity contribution >= 4 is 29.1 Å². The second-order valence-corrected chi connectivity index (χ2v) is 10.3. The van der Waals surface area contributed by atoms with Gasteiger partial charge in [-0.15, -0.1) is 11.3 Å².